The zero-order valence-corrected chi connectivity index (χ0v) is 12.0. The van der Waals surface area contributed by atoms with Gasteiger partial charge in [-0.3, -0.25) is 14.6 Å². The largest absolute Gasteiger partial charge is 0.481 e. The molecule has 5 heteroatoms. The quantitative estimate of drug-likeness (QED) is 0.761. The second kappa shape index (κ2) is 8.30. The molecule has 110 valence electrons. The first-order valence-corrected chi connectivity index (χ1v) is 6.87. The van der Waals surface area contributed by atoms with Crippen LogP contribution in [0.2, 0.25) is 0 Å². The summed E-state index contributed by atoms with van der Waals surface area (Å²) in [6.45, 7) is 4.14. The van der Waals surface area contributed by atoms with Crippen molar-refractivity contribution in [1.29, 1.82) is 0 Å². The van der Waals surface area contributed by atoms with Crippen molar-refractivity contribution in [3.63, 3.8) is 0 Å². The summed E-state index contributed by atoms with van der Waals surface area (Å²) in [6.07, 6.45) is 4.94. The van der Waals surface area contributed by atoms with Crippen LogP contribution in [0.4, 0.5) is 0 Å². The van der Waals surface area contributed by atoms with Crippen molar-refractivity contribution < 1.29 is 14.7 Å². The van der Waals surface area contributed by atoms with E-state index in [1.165, 1.54) is 0 Å². The fourth-order valence-corrected chi connectivity index (χ4v) is 1.97. The van der Waals surface area contributed by atoms with E-state index in [0.717, 1.165) is 5.56 Å². The van der Waals surface area contributed by atoms with E-state index < -0.39 is 11.9 Å². The number of carbonyl (C=O) groups is 2. The van der Waals surface area contributed by atoms with Crippen molar-refractivity contribution in [2.24, 2.45) is 11.8 Å². The highest BCUT2D eigenvalue weighted by Gasteiger charge is 2.19. The Morgan fingerprint density at radius 3 is 2.70 bits per heavy atom. The molecule has 0 aliphatic heterocycles. The number of nitrogens with one attached hydrogen (secondary N) is 1. The van der Waals surface area contributed by atoms with Crippen LogP contribution in [0.15, 0.2) is 24.5 Å². The van der Waals surface area contributed by atoms with Gasteiger partial charge < -0.3 is 10.4 Å². The molecule has 1 aromatic rings. The van der Waals surface area contributed by atoms with E-state index >= 15 is 0 Å². The summed E-state index contributed by atoms with van der Waals surface area (Å²) in [7, 11) is 0. The van der Waals surface area contributed by atoms with Crippen molar-refractivity contribution >= 4 is 11.9 Å². The lowest BCUT2D eigenvalue weighted by atomic mass is 9.97. The molecule has 0 aliphatic carbocycles. The summed E-state index contributed by atoms with van der Waals surface area (Å²) in [5, 5.41) is 11.8. The molecule has 2 N–H and O–H groups in total. The molecule has 0 fully saturated rings. The molecule has 20 heavy (non-hydrogen) atoms. The van der Waals surface area contributed by atoms with Crippen LogP contribution in [-0.4, -0.2) is 28.5 Å². The van der Waals surface area contributed by atoms with Crippen LogP contribution in [0.5, 0.6) is 0 Å². The predicted molar refractivity (Wildman–Crippen MR) is 76.1 cm³/mol. The van der Waals surface area contributed by atoms with Gasteiger partial charge in [-0.05, 0) is 30.4 Å². The van der Waals surface area contributed by atoms with Crippen LogP contribution in [0.25, 0.3) is 0 Å². The van der Waals surface area contributed by atoms with Gasteiger partial charge in [-0.2, -0.15) is 0 Å². The van der Waals surface area contributed by atoms with Crippen molar-refractivity contribution in [1.82, 2.24) is 10.3 Å². The number of aromatic nitrogens is 1. The third-order valence-corrected chi connectivity index (χ3v) is 3.01. The SMILES string of the molecule is CC(C)CC(CNC(=O)CCc1cccnc1)C(=O)O. The summed E-state index contributed by atoms with van der Waals surface area (Å²) in [4.78, 5) is 26.8. The first kappa shape index (κ1) is 16.1. The van der Waals surface area contributed by atoms with E-state index in [1.54, 1.807) is 12.4 Å². The maximum absolute atomic E-state index is 11.7. The molecule has 1 unspecified atom stereocenters. The molecule has 0 saturated heterocycles. The molecule has 0 aromatic carbocycles. The Balaban J connectivity index is 2.32. The topological polar surface area (TPSA) is 79.3 Å². The predicted octanol–water partition coefficient (Wildman–Crippen LogP) is 1.88. The Hall–Kier alpha value is -1.91. The van der Waals surface area contributed by atoms with Gasteiger partial charge in [0.05, 0.1) is 5.92 Å². The summed E-state index contributed by atoms with van der Waals surface area (Å²) < 4.78 is 0. The molecule has 1 heterocycles. The van der Waals surface area contributed by atoms with Crippen molar-refractivity contribution in [3.05, 3.63) is 30.1 Å². The number of pyridine rings is 1. The monoisotopic (exact) mass is 278 g/mol. The number of carboxylic acid groups (broad SMARTS) is 1. The van der Waals surface area contributed by atoms with Crippen LogP contribution >= 0.6 is 0 Å². The Morgan fingerprint density at radius 2 is 2.15 bits per heavy atom. The summed E-state index contributed by atoms with van der Waals surface area (Å²) in [6, 6.07) is 3.75. The van der Waals surface area contributed by atoms with Crippen LogP contribution in [-0.2, 0) is 16.0 Å². The van der Waals surface area contributed by atoms with Crippen molar-refractivity contribution in [3.8, 4) is 0 Å². The lowest BCUT2D eigenvalue weighted by Crippen LogP contribution is -2.33. The number of aryl methyl sites for hydroxylation is 1. The van der Waals surface area contributed by atoms with E-state index in [0.29, 0.717) is 25.2 Å². The van der Waals surface area contributed by atoms with Crippen molar-refractivity contribution in [2.75, 3.05) is 6.54 Å². The fraction of sp³-hybridized carbons (Fsp3) is 0.533. The number of rotatable bonds is 8. The Kier molecular flexibility index (Phi) is 6.70. The van der Waals surface area contributed by atoms with Gasteiger partial charge in [-0.25, -0.2) is 0 Å². The summed E-state index contributed by atoms with van der Waals surface area (Å²) in [5.74, 6) is -1.20. The highest BCUT2D eigenvalue weighted by Crippen LogP contribution is 2.11. The maximum atomic E-state index is 11.7. The van der Waals surface area contributed by atoms with Gasteiger partial charge in [-0.1, -0.05) is 19.9 Å². The molecule has 5 nitrogen and oxygen atoms in total. The van der Waals surface area contributed by atoms with Crippen LogP contribution in [0, 0.1) is 11.8 Å². The smallest absolute Gasteiger partial charge is 0.308 e. The third kappa shape index (κ3) is 6.31. The number of carboxylic acids is 1. The second-order valence-corrected chi connectivity index (χ2v) is 5.33. The first-order chi connectivity index (χ1) is 9.49. The summed E-state index contributed by atoms with van der Waals surface area (Å²) in [5.41, 5.74) is 1.000. The second-order valence-electron chi connectivity index (χ2n) is 5.33. The molecule has 1 rings (SSSR count). The van der Waals surface area contributed by atoms with E-state index in [1.807, 2.05) is 26.0 Å². The van der Waals surface area contributed by atoms with Gasteiger partial charge in [-0.15, -0.1) is 0 Å². The molecule has 1 amide bonds. The highest BCUT2D eigenvalue weighted by molar-refractivity contribution is 5.77. The molecule has 1 atom stereocenters. The molecule has 0 saturated carbocycles. The Labute approximate surface area is 119 Å². The maximum Gasteiger partial charge on any atom is 0.308 e. The van der Waals surface area contributed by atoms with E-state index in [2.05, 4.69) is 10.3 Å². The lowest BCUT2D eigenvalue weighted by molar-refractivity contribution is -0.142. The average molecular weight is 278 g/mol. The van der Waals surface area contributed by atoms with E-state index in [9.17, 15) is 9.59 Å². The number of hydrogen-bond donors (Lipinski definition) is 2. The Bertz CT molecular complexity index is 432. The summed E-state index contributed by atoms with van der Waals surface area (Å²) >= 11 is 0. The van der Waals surface area contributed by atoms with E-state index in [-0.39, 0.29) is 12.5 Å². The minimum atomic E-state index is -0.855. The molecular formula is C15H22N2O3. The number of aliphatic carboxylic acids is 1. The van der Waals surface area contributed by atoms with Gasteiger partial charge in [0.2, 0.25) is 5.91 Å². The molecule has 1 aromatic heterocycles. The van der Waals surface area contributed by atoms with Crippen molar-refractivity contribution in [2.45, 2.75) is 33.1 Å². The van der Waals surface area contributed by atoms with Crippen LogP contribution in [0.1, 0.15) is 32.3 Å². The van der Waals surface area contributed by atoms with Gasteiger partial charge in [0, 0.05) is 25.4 Å². The zero-order chi connectivity index (χ0) is 15.0. The number of carbonyl (C=O) groups excluding carboxylic acids is 1. The number of nitrogens with zero attached hydrogens (tertiary/aromatic N) is 1. The van der Waals surface area contributed by atoms with Gasteiger partial charge >= 0.3 is 5.97 Å². The molecular weight excluding hydrogens is 256 g/mol. The molecule has 0 aliphatic rings. The first-order valence-electron chi connectivity index (χ1n) is 6.87. The normalized spacial score (nSPS) is 12.2. The van der Waals surface area contributed by atoms with Gasteiger partial charge in [0.25, 0.3) is 0 Å². The fourth-order valence-electron chi connectivity index (χ4n) is 1.97. The number of hydrogen-bond acceptors (Lipinski definition) is 3. The molecule has 0 spiro atoms. The lowest BCUT2D eigenvalue weighted by Gasteiger charge is -2.15. The zero-order valence-electron chi connectivity index (χ0n) is 12.0. The standard InChI is InChI=1S/C15H22N2O3/c1-11(2)8-13(15(19)20)10-17-14(18)6-5-12-4-3-7-16-9-12/h3-4,7,9,11,13H,5-6,8,10H2,1-2H3,(H,17,18)(H,19,20). The van der Waals surface area contributed by atoms with Gasteiger partial charge in [0.15, 0.2) is 0 Å². The minimum Gasteiger partial charge on any atom is -0.481 e. The van der Waals surface area contributed by atoms with E-state index in [4.69, 9.17) is 5.11 Å². The average Bonchev–Trinajstić information content (AvgIpc) is 2.41. The van der Waals surface area contributed by atoms with Gasteiger partial charge in [0.1, 0.15) is 0 Å². The molecule has 0 radical (unpaired) electrons. The number of amides is 1. The Morgan fingerprint density at radius 1 is 1.40 bits per heavy atom. The van der Waals surface area contributed by atoms with Crippen LogP contribution in [0.3, 0.4) is 0 Å². The highest BCUT2D eigenvalue weighted by atomic mass is 16.4. The molecule has 0 bridgehead atoms. The minimum absolute atomic E-state index is 0.121. The van der Waals surface area contributed by atoms with Crippen LogP contribution < -0.4 is 5.32 Å². The third-order valence-electron chi connectivity index (χ3n) is 3.01.